The average Bonchev–Trinajstić information content (AvgIpc) is 2.11. The second-order valence-corrected chi connectivity index (χ2v) is 4.95. The number of ketones is 1. The number of nitrogens with zero attached hydrogens (tertiary/aromatic N) is 1. The van der Waals surface area contributed by atoms with Gasteiger partial charge in [-0.1, -0.05) is 13.8 Å². The van der Waals surface area contributed by atoms with Crippen molar-refractivity contribution in [1.82, 2.24) is 5.06 Å². The maximum Gasteiger partial charge on any atom is 0.136 e. The molecule has 14 heavy (non-hydrogen) atoms. The van der Waals surface area contributed by atoms with E-state index in [0.29, 0.717) is 12.8 Å². The van der Waals surface area contributed by atoms with Gasteiger partial charge in [-0.2, -0.15) is 5.06 Å². The van der Waals surface area contributed by atoms with E-state index in [1.165, 1.54) is 5.06 Å². The summed E-state index contributed by atoms with van der Waals surface area (Å²) in [6.45, 7) is 7.90. The molecule has 1 fully saturated rings. The number of hydrogen-bond acceptors (Lipinski definition) is 3. The van der Waals surface area contributed by atoms with Crippen molar-refractivity contribution in [2.45, 2.75) is 64.5 Å². The largest absolute Gasteiger partial charge is 0.313 e. The van der Waals surface area contributed by atoms with Gasteiger partial charge in [0.2, 0.25) is 0 Å². The van der Waals surface area contributed by atoms with Crippen LogP contribution in [0, 0.1) is 0 Å². The van der Waals surface area contributed by atoms with Crippen LogP contribution in [-0.2, 0) is 4.79 Å². The first-order valence-electron chi connectivity index (χ1n) is 5.39. The van der Waals surface area contributed by atoms with Crippen molar-refractivity contribution in [3.8, 4) is 0 Å². The van der Waals surface area contributed by atoms with Crippen LogP contribution in [0.3, 0.4) is 0 Å². The van der Waals surface area contributed by atoms with E-state index >= 15 is 0 Å². The first kappa shape index (κ1) is 11.7. The molecule has 0 spiro atoms. The topological polar surface area (TPSA) is 40.5 Å². The Balaban J connectivity index is 3.00. The van der Waals surface area contributed by atoms with Crippen molar-refractivity contribution in [2.24, 2.45) is 0 Å². The fourth-order valence-corrected chi connectivity index (χ4v) is 2.50. The van der Waals surface area contributed by atoms with Gasteiger partial charge in [0.1, 0.15) is 5.78 Å². The Morgan fingerprint density at radius 3 is 2.21 bits per heavy atom. The van der Waals surface area contributed by atoms with E-state index in [2.05, 4.69) is 0 Å². The predicted molar refractivity (Wildman–Crippen MR) is 55.3 cm³/mol. The summed E-state index contributed by atoms with van der Waals surface area (Å²) in [6.07, 6.45) is 2.56. The lowest BCUT2D eigenvalue weighted by Gasteiger charge is -2.50. The molecule has 1 saturated heterocycles. The number of carbonyl (C=O) groups is 1. The molecule has 0 bridgehead atoms. The molecule has 0 unspecified atom stereocenters. The van der Waals surface area contributed by atoms with Gasteiger partial charge in [0, 0.05) is 18.4 Å². The zero-order chi connectivity index (χ0) is 11.0. The molecule has 3 heteroatoms. The van der Waals surface area contributed by atoms with Crippen LogP contribution in [0.4, 0.5) is 0 Å². The van der Waals surface area contributed by atoms with Crippen molar-refractivity contribution in [3.63, 3.8) is 0 Å². The Morgan fingerprint density at radius 1 is 1.29 bits per heavy atom. The molecule has 0 aromatic carbocycles. The second kappa shape index (κ2) is 3.63. The summed E-state index contributed by atoms with van der Waals surface area (Å²) >= 11 is 0. The van der Waals surface area contributed by atoms with E-state index < -0.39 is 5.54 Å². The Bertz CT molecular complexity index is 231. The Morgan fingerprint density at radius 2 is 1.79 bits per heavy atom. The third-order valence-electron chi connectivity index (χ3n) is 3.49. The zero-order valence-corrected chi connectivity index (χ0v) is 9.63. The number of Topliss-reactive ketones (excluding diaryl/α,β-unsaturated/α-hetero) is 1. The average molecular weight is 199 g/mol. The quantitative estimate of drug-likeness (QED) is 0.742. The van der Waals surface area contributed by atoms with E-state index in [-0.39, 0.29) is 11.3 Å². The minimum Gasteiger partial charge on any atom is -0.313 e. The van der Waals surface area contributed by atoms with Crippen molar-refractivity contribution in [1.29, 1.82) is 0 Å². The van der Waals surface area contributed by atoms with Crippen molar-refractivity contribution in [3.05, 3.63) is 0 Å². The number of carbonyl (C=O) groups excluding carboxylic acids is 1. The monoisotopic (exact) mass is 199 g/mol. The van der Waals surface area contributed by atoms with Gasteiger partial charge < -0.3 is 5.21 Å². The minimum atomic E-state index is -0.415. The van der Waals surface area contributed by atoms with E-state index in [1.54, 1.807) is 0 Å². The lowest BCUT2D eigenvalue weighted by molar-refractivity contribution is -0.248. The minimum absolute atomic E-state index is 0.268. The van der Waals surface area contributed by atoms with Crippen molar-refractivity contribution >= 4 is 5.78 Å². The summed E-state index contributed by atoms with van der Waals surface area (Å²) < 4.78 is 0. The summed E-state index contributed by atoms with van der Waals surface area (Å²) in [6, 6.07) is 0. The van der Waals surface area contributed by atoms with Gasteiger partial charge in [-0.25, -0.2) is 0 Å². The molecule has 1 aliphatic rings. The Labute approximate surface area is 86.1 Å². The highest BCUT2D eigenvalue weighted by Gasteiger charge is 2.47. The van der Waals surface area contributed by atoms with Gasteiger partial charge >= 0.3 is 0 Å². The third kappa shape index (κ3) is 1.71. The summed E-state index contributed by atoms with van der Waals surface area (Å²) in [5.74, 6) is 0.268. The van der Waals surface area contributed by atoms with Crippen LogP contribution < -0.4 is 0 Å². The number of rotatable bonds is 2. The van der Waals surface area contributed by atoms with Gasteiger partial charge in [0.25, 0.3) is 0 Å². The number of piperidine rings is 1. The maximum absolute atomic E-state index is 11.6. The molecule has 0 aromatic heterocycles. The highest BCUT2D eigenvalue weighted by molar-refractivity contribution is 5.81. The van der Waals surface area contributed by atoms with Crippen LogP contribution in [0.5, 0.6) is 0 Å². The molecule has 1 aliphatic heterocycles. The predicted octanol–water partition coefficient (Wildman–Crippen LogP) is 2.38. The summed E-state index contributed by atoms with van der Waals surface area (Å²) in [5, 5.41) is 11.6. The fraction of sp³-hybridized carbons (Fsp3) is 0.909. The van der Waals surface area contributed by atoms with Gasteiger partial charge in [0.15, 0.2) is 0 Å². The molecular weight excluding hydrogens is 178 g/mol. The zero-order valence-electron chi connectivity index (χ0n) is 9.63. The molecule has 0 aromatic rings. The molecule has 1 rings (SSSR count). The molecule has 0 radical (unpaired) electrons. The molecule has 0 aliphatic carbocycles. The highest BCUT2D eigenvalue weighted by atomic mass is 16.5. The molecule has 0 amide bonds. The Kier molecular flexibility index (Phi) is 3.02. The van der Waals surface area contributed by atoms with Crippen LogP contribution in [-0.4, -0.2) is 27.1 Å². The molecule has 82 valence electrons. The Hall–Kier alpha value is -0.410. The van der Waals surface area contributed by atoms with E-state index in [9.17, 15) is 10.0 Å². The highest BCUT2D eigenvalue weighted by Crippen LogP contribution is 2.39. The normalized spacial score (nSPS) is 26.5. The van der Waals surface area contributed by atoms with Gasteiger partial charge in [-0.3, -0.25) is 4.79 Å². The van der Waals surface area contributed by atoms with Crippen LogP contribution in [0.1, 0.15) is 53.4 Å². The van der Waals surface area contributed by atoms with Gasteiger partial charge in [-0.15, -0.1) is 0 Å². The van der Waals surface area contributed by atoms with E-state index in [0.717, 1.165) is 12.8 Å². The second-order valence-electron chi connectivity index (χ2n) is 4.95. The molecule has 0 atom stereocenters. The SMILES string of the molecule is CCC1(CC)CC(=O)CC(C)(C)N1O. The van der Waals surface area contributed by atoms with Crippen LogP contribution in [0.2, 0.25) is 0 Å². The number of hydroxylamine groups is 2. The summed E-state index contributed by atoms with van der Waals surface area (Å²) in [4.78, 5) is 11.6. The van der Waals surface area contributed by atoms with Crippen LogP contribution >= 0.6 is 0 Å². The fourth-order valence-electron chi connectivity index (χ4n) is 2.50. The van der Waals surface area contributed by atoms with Gasteiger partial charge in [0.05, 0.1) is 5.54 Å². The summed E-state index contributed by atoms with van der Waals surface area (Å²) in [7, 11) is 0. The lowest BCUT2D eigenvalue weighted by atomic mass is 9.76. The third-order valence-corrected chi connectivity index (χ3v) is 3.49. The van der Waals surface area contributed by atoms with Gasteiger partial charge in [-0.05, 0) is 26.7 Å². The lowest BCUT2D eigenvalue weighted by Crippen LogP contribution is -2.61. The summed E-state index contributed by atoms with van der Waals surface area (Å²) in [5.41, 5.74) is -0.750. The molecule has 3 nitrogen and oxygen atoms in total. The van der Waals surface area contributed by atoms with Crippen molar-refractivity contribution in [2.75, 3.05) is 0 Å². The van der Waals surface area contributed by atoms with Crippen molar-refractivity contribution < 1.29 is 10.0 Å². The molecular formula is C11H21NO2. The molecule has 0 saturated carbocycles. The molecule has 1 N–H and O–H groups in total. The van der Waals surface area contributed by atoms with Crippen LogP contribution in [0.15, 0.2) is 0 Å². The van der Waals surface area contributed by atoms with E-state index in [4.69, 9.17) is 0 Å². The first-order chi connectivity index (χ1) is 6.38. The van der Waals surface area contributed by atoms with E-state index in [1.807, 2.05) is 27.7 Å². The first-order valence-corrected chi connectivity index (χ1v) is 5.39. The standard InChI is InChI=1S/C11H21NO2/c1-5-11(6-2)8-9(13)7-10(3,4)12(11)14/h14H,5-8H2,1-4H3. The smallest absolute Gasteiger partial charge is 0.136 e. The maximum atomic E-state index is 11.6. The number of hydrogen-bond donors (Lipinski definition) is 1. The van der Waals surface area contributed by atoms with Crippen LogP contribution in [0.25, 0.3) is 0 Å². The molecule has 1 heterocycles.